The number of carbonyl (C=O) groups excluding carboxylic acids is 1. The fourth-order valence-corrected chi connectivity index (χ4v) is 2.47. The number of fused-ring (bicyclic) bond motifs is 2. The molecule has 2 aromatic carbocycles. The average molecular weight is 283 g/mol. The van der Waals surface area contributed by atoms with E-state index < -0.39 is 0 Å². The van der Waals surface area contributed by atoms with Crippen LogP contribution in [0.3, 0.4) is 0 Å². The van der Waals surface area contributed by atoms with Crippen molar-refractivity contribution in [2.75, 3.05) is 12.1 Å². The van der Waals surface area contributed by atoms with Crippen LogP contribution in [0.4, 0.5) is 10.1 Å². The van der Waals surface area contributed by atoms with Gasteiger partial charge < -0.3 is 14.8 Å². The number of nitrogens with one attached hydrogen (secondary N) is 1. The molecule has 0 saturated carbocycles. The second-order valence-corrected chi connectivity index (χ2v) is 4.81. The van der Waals surface area contributed by atoms with Gasteiger partial charge >= 0.3 is 0 Å². The van der Waals surface area contributed by atoms with Gasteiger partial charge in [-0.1, -0.05) is 6.07 Å². The fourth-order valence-electron chi connectivity index (χ4n) is 2.47. The number of halogens is 1. The second-order valence-electron chi connectivity index (χ2n) is 4.81. The molecular formula is C16H10FNO3. The van der Waals surface area contributed by atoms with E-state index in [0.29, 0.717) is 28.3 Å². The highest BCUT2D eigenvalue weighted by atomic mass is 19.1. The minimum atomic E-state index is -0.373. The van der Waals surface area contributed by atoms with Crippen molar-refractivity contribution in [3.8, 4) is 11.5 Å². The molecule has 0 spiro atoms. The molecule has 2 aromatic rings. The third kappa shape index (κ3) is 1.94. The van der Waals surface area contributed by atoms with Crippen LogP contribution >= 0.6 is 0 Å². The second kappa shape index (κ2) is 4.34. The molecule has 21 heavy (non-hydrogen) atoms. The maximum atomic E-state index is 13.4. The largest absolute Gasteiger partial charge is 0.454 e. The van der Waals surface area contributed by atoms with Crippen molar-refractivity contribution in [3.63, 3.8) is 0 Å². The van der Waals surface area contributed by atoms with Gasteiger partial charge in [-0.15, -0.1) is 0 Å². The number of anilines is 1. The molecule has 0 aromatic heterocycles. The average Bonchev–Trinajstić information content (AvgIpc) is 3.04. The van der Waals surface area contributed by atoms with Gasteiger partial charge in [0.05, 0.1) is 0 Å². The van der Waals surface area contributed by atoms with Crippen molar-refractivity contribution in [2.24, 2.45) is 0 Å². The summed E-state index contributed by atoms with van der Waals surface area (Å²) in [5.74, 6) is 0.705. The summed E-state index contributed by atoms with van der Waals surface area (Å²) in [6.07, 6.45) is 1.71. The van der Waals surface area contributed by atoms with Gasteiger partial charge in [-0.05, 0) is 42.0 Å². The molecule has 0 saturated heterocycles. The lowest BCUT2D eigenvalue weighted by Gasteiger charge is -2.01. The Morgan fingerprint density at radius 2 is 1.95 bits per heavy atom. The minimum absolute atomic E-state index is 0.198. The molecule has 0 bridgehead atoms. The van der Waals surface area contributed by atoms with E-state index in [4.69, 9.17) is 9.47 Å². The van der Waals surface area contributed by atoms with E-state index in [2.05, 4.69) is 5.32 Å². The Bertz CT molecular complexity index is 798. The molecule has 4 rings (SSSR count). The summed E-state index contributed by atoms with van der Waals surface area (Å²) in [5, 5.41) is 2.72. The van der Waals surface area contributed by atoms with Crippen molar-refractivity contribution in [3.05, 3.63) is 53.3 Å². The number of rotatable bonds is 1. The zero-order valence-electron chi connectivity index (χ0n) is 10.9. The van der Waals surface area contributed by atoms with Gasteiger partial charge in [-0.2, -0.15) is 0 Å². The summed E-state index contributed by atoms with van der Waals surface area (Å²) in [6.45, 7) is 0.198. The number of benzene rings is 2. The minimum Gasteiger partial charge on any atom is -0.454 e. The van der Waals surface area contributed by atoms with Crippen LogP contribution in [0.25, 0.3) is 11.6 Å². The van der Waals surface area contributed by atoms with Crippen molar-refractivity contribution < 1.29 is 18.7 Å². The van der Waals surface area contributed by atoms with Crippen molar-refractivity contribution in [2.45, 2.75) is 0 Å². The Morgan fingerprint density at radius 3 is 2.86 bits per heavy atom. The zero-order valence-corrected chi connectivity index (χ0v) is 10.9. The summed E-state index contributed by atoms with van der Waals surface area (Å²) >= 11 is 0. The molecule has 0 atom stereocenters. The Balaban J connectivity index is 1.80. The molecular weight excluding hydrogens is 273 g/mol. The standard InChI is InChI=1S/C16H10FNO3/c17-10-2-3-13-11(7-10)12(16(19)18-13)5-9-1-4-14-15(6-9)21-8-20-14/h1-7H,8H2,(H,18,19)/b12-5-. The van der Waals surface area contributed by atoms with E-state index in [1.54, 1.807) is 24.3 Å². The van der Waals surface area contributed by atoms with E-state index >= 15 is 0 Å². The van der Waals surface area contributed by atoms with Crippen molar-refractivity contribution in [1.29, 1.82) is 0 Å². The lowest BCUT2D eigenvalue weighted by atomic mass is 10.0. The number of hydrogen-bond acceptors (Lipinski definition) is 3. The van der Waals surface area contributed by atoms with Crippen LogP contribution in [0.1, 0.15) is 11.1 Å². The molecule has 0 fully saturated rings. The van der Waals surface area contributed by atoms with Crippen molar-refractivity contribution >= 4 is 23.2 Å². The number of amides is 1. The maximum Gasteiger partial charge on any atom is 0.256 e. The lowest BCUT2D eigenvalue weighted by Crippen LogP contribution is -2.03. The van der Waals surface area contributed by atoms with Gasteiger partial charge in [0.15, 0.2) is 11.5 Å². The Hall–Kier alpha value is -2.82. The highest BCUT2D eigenvalue weighted by Crippen LogP contribution is 2.36. The van der Waals surface area contributed by atoms with Crippen LogP contribution in [0, 0.1) is 5.82 Å². The Kier molecular flexibility index (Phi) is 2.47. The molecule has 0 unspecified atom stereocenters. The van der Waals surface area contributed by atoms with E-state index in [0.717, 1.165) is 5.56 Å². The molecule has 0 aliphatic carbocycles. The first-order valence-corrected chi connectivity index (χ1v) is 6.43. The molecule has 0 radical (unpaired) electrons. The molecule has 104 valence electrons. The summed E-state index contributed by atoms with van der Waals surface area (Å²) in [7, 11) is 0. The van der Waals surface area contributed by atoms with Crippen LogP contribution in [0.2, 0.25) is 0 Å². The van der Waals surface area contributed by atoms with Gasteiger partial charge in [0.1, 0.15) is 5.82 Å². The van der Waals surface area contributed by atoms with Gasteiger partial charge in [-0.25, -0.2) is 4.39 Å². The van der Waals surface area contributed by atoms with E-state index in [-0.39, 0.29) is 18.5 Å². The number of carbonyl (C=O) groups is 1. The predicted molar refractivity (Wildman–Crippen MR) is 75.5 cm³/mol. The van der Waals surface area contributed by atoms with Crippen molar-refractivity contribution in [1.82, 2.24) is 0 Å². The smallest absolute Gasteiger partial charge is 0.256 e. The van der Waals surface area contributed by atoms with E-state index in [1.807, 2.05) is 6.07 Å². The highest BCUT2D eigenvalue weighted by molar-refractivity contribution is 6.34. The third-order valence-electron chi connectivity index (χ3n) is 3.47. The molecule has 1 amide bonds. The van der Waals surface area contributed by atoms with Crippen LogP contribution in [0.5, 0.6) is 11.5 Å². The van der Waals surface area contributed by atoms with Crippen LogP contribution < -0.4 is 14.8 Å². The first kappa shape index (κ1) is 12.0. The molecule has 2 aliphatic rings. The van der Waals surface area contributed by atoms with Crippen LogP contribution in [-0.4, -0.2) is 12.7 Å². The number of hydrogen-bond donors (Lipinski definition) is 1. The first-order valence-electron chi connectivity index (χ1n) is 6.43. The Morgan fingerprint density at radius 1 is 1.10 bits per heavy atom. The summed E-state index contributed by atoms with van der Waals surface area (Å²) in [4.78, 5) is 12.0. The molecule has 2 heterocycles. The van der Waals surface area contributed by atoms with Gasteiger partial charge in [0, 0.05) is 16.8 Å². The quantitative estimate of drug-likeness (QED) is 0.818. The third-order valence-corrected chi connectivity index (χ3v) is 3.47. The maximum absolute atomic E-state index is 13.4. The van der Waals surface area contributed by atoms with Gasteiger partial charge in [0.25, 0.3) is 5.91 Å². The summed E-state index contributed by atoms with van der Waals surface area (Å²) in [6, 6.07) is 9.64. The monoisotopic (exact) mass is 283 g/mol. The zero-order chi connectivity index (χ0) is 14.4. The normalized spacial score (nSPS) is 17.0. The predicted octanol–water partition coefficient (Wildman–Crippen LogP) is 3.05. The number of ether oxygens (including phenoxy) is 2. The first-order chi connectivity index (χ1) is 10.2. The van der Waals surface area contributed by atoms with E-state index in [1.165, 1.54) is 12.1 Å². The summed E-state index contributed by atoms with van der Waals surface area (Å²) < 4.78 is 23.9. The molecule has 5 heteroatoms. The molecule has 4 nitrogen and oxygen atoms in total. The molecule has 1 N–H and O–H groups in total. The topological polar surface area (TPSA) is 47.6 Å². The summed E-state index contributed by atoms with van der Waals surface area (Å²) in [5.41, 5.74) is 2.41. The van der Waals surface area contributed by atoms with Crippen LogP contribution in [-0.2, 0) is 4.79 Å². The lowest BCUT2D eigenvalue weighted by molar-refractivity contribution is -0.110. The fraction of sp³-hybridized carbons (Fsp3) is 0.0625. The van der Waals surface area contributed by atoms with E-state index in [9.17, 15) is 9.18 Å². The van der Waals surface area contributed by atoms with Gasteiger partial charge in [0.2, 0.25) is 6.79 Å². The van der Waals surface area contributed by atoms with Gasteiger partial charge in [-0.3, -0.25) is 4.79 Å². The molecule has 2 aliphatic heterocycles. The highest BCUT2D eigenvalue weighted by Gasteiger charge is 2.24. The van der Waals surface area contributed by atoms with Crippen LogP contribution in [0.15, 0.2) is 36.4 Å². The SMILES string of the molecule is O=C1Nc2ccc(F)cc2/C1=C/c1ccc2c(c1)OCO2. The Labute approximate surface area is 119 Å².